The molecule has 2 aliphatic heterocycles. The van der Waals surface area contributed by atoms with E-state index in [1.54, 1.807) is 12.1 Å². The Morgan fingerprint density at radius 2 is 1.62 bits per heavy atom. The lowest BCUT2D eigenvalue weighted by atomic mass is 9.90. The average Bonchev–Trinajstić information content (AvgIpc) is 3.56. The Kier molecular flexibility index (Phi) is 11.0. The summed E-state index contributed by atoms with van der Waals surface area (Å²) in [5.74, 6) is 0.470. The summed E-state index contributed by atoms with van der Waals surface area (Å²) in [6.45, 7) is 3.07. The van der Waals surface area contributed by atoms with Gasteiger partial charge >= 0.3 is 0 Å². The van der Waals surface area contributed by atoms with Crippen LogP contribution in [0.5, 0.6) is 5.75 Å². The SMILES string of the molecule is COc1ccc(S(=O)(=O)N(CCO)CCO[C@@H]2C[C@H](c3ccc4c(c3)Cc3ccccc3-4)C=C(C(=O)N3CCN(Cc4ccccc4)CC3)O2)cc1. The fraction of sp³-hybridized carbons (Fsp3) is 0.341. The first-order valence-corrected chi connectivity index (χ1v) is 19.3. The second kappa shape index (κ2) is 16.0. The van der Waals surface area contributed by atoms with Crippen molar-refractivity contribution in [2.75, 3.05) is 59.6 Å². The zero-order valence-electron chi connectivity index (χ0n) is 29.4. The number of benzene rings is 4. The summed E-state index contributed by atoms with van der Waals surface area (Å²) in [4.78, 5) is 18.3. The summed E-state index contributed by atoms with van der Waals surface area (Å²) in [6, 6.07) is 31.4. The van der Waals surface area contributed by atoms with Gasteiger partial charge in [0.05, 0.1) is 25.2 Å². The molecular formula is C41H45N3O7S. The largest absolute Gasteiger partial charge is 0.497 e. The fourth-order valence-corrected chi connectivity index (χ4v) is 8.71. The highest BCUT2D eigenvalue weighted by atomic mass is 32.2. The van der Waals surface area contributed by atoms with Crippen LogP contribution in [0.3, 0.4) is 0 Å². The highest BCUT2D eigenvalue weighted by molar-refractivity contribution is 7.89. The number of methoxy groups -OCH3 is 1. The van der Waals surface area contributed by atoms with Crippen LogP contribution in [0.2, 0.25) is 0 Å². The molecule has 1 N–H and O–H groups in total. The Labute approximate surface area is 305 Å². The molecule has 1 saturated heterocycles. The molecule has 0 aromatic heterocycles. The van der Waals surface area contributed by atoms with Gasteiger partial charge in [0.2, 0.25) is 16.3 Å². The standard InChI is InChI=1S/C41H45N3O7S/c1-49-35-12-14-36(15-13-35)52(47,48)44(21-23-45)22-24-50-40-28-33(31-11-16-38-34(25-31)26-32-9-5-6-10-37(32)38)27-39(51-40)41(46)43-19-17-42(18-20-43)29-30-7-3-2-4-8-30/h2-16,25,27,33,40,45H,17-24,26,28-29H2,1H3/t33-,40+/m1/s1. The number of ether oxygens (including phenoxy) is 3. The molecule has 0 spiro atoms. The minimum Gasteiger partial charge on any atom is -0.497 e. The normalized spacial score (nSPS) is 18.8. The third-order valence-electron chi connectivity index (χ3n) is 10.1. The van der Waals surface area contributed by atoms with E-state index in [2.05, 4.69) is 59.5 Å². The van der Waals surface area contributed by atoms with Crippen LogP contribution >= 0.6 is 0 Å². The minimum atomic E-state index is -3.92. The van der Waals surface area contributed by atoms with Gasteiger partial charge < -0.3 is 24.2 Å². The van der Waals surface area contributed by atoms with E-state index in [0.29, 0.717) is 25.3 Å². The molecule has 11 heteroatoms. The van der Waals surface area contributed by atoms with Crippen molar-refractivity contribution in [3.8, 4) is 16.9 Å². The van der Waals surface area contributed by atoms with Crippen molar-refractivity contribution in [3.63, 3.8) is 0 Å². The maximum Gasteiger partial charge on any atom is 0.288 e. The molecule has 2 heterocycles. The topological polar surface area (TPSA) is 109 Å². The van der Waals surface area contributed by atoms with Gasteiger partial charge in [0, 0.05) is 58.2 Å². The van der Waals surface area contributed by atoms with Crippen LogP contribution in [0.4, 0.5) is 0 Å². The van der Waals surface area contributed by atoms with Crippen molar-refractivity contribution in [2.45, 2.75) is 36.5 Å². The number of aliphatic hydroxyl groups excluding tert-OH is 1. The predicted molar refractivity (Wildman–Crippen MR) is 198 cm³/mol. The highest BCUT2D eigenvalue weighted by Crippen LogP contribution is 2.40. The number of allylic oxidation sites excluding steroid dienone is 1. The molecule has 1 amide bonds. The number of hydrogen-bond donors (Lipinski definition) is 1. The van der Waals surface area contributed by atoms with Crippen molar-refractivity contribution >= 4 is 15.9 Å². The van der Waals surface area contributed by atoms with Crippen LogP contribution in [-0.4, -0.2) is 99.4 Å². The highest BCUT2D eigenvalue weighted by Gasteiger charge is 2.33. The summed E-state index contributed by atoms with van der Waals surface area (Å²) in [7, 11) is -2.40. The molecule has 1 aliphatic carbocycles. The van der Waals surface area contributed by atoms with Crippen molar-refractivity contribution in [3.05, 3.63) is 131 Å². The van der Waals surface area contributed by atoms with Crippen LogP contribution < -0.4 is 4.74 Å². The smallest absolute Gasteiger partial charge is 0.288 e. The maximum absolute atomic E-state index is 14.0. The number of fused-ring (bicyclic) bond motifs is 3. The number of piperazine rings is 1. The number of sulfonamides is 1. The van der Waals surface area contributed by atoms with Crippen LogP contribution in [0.15, 0.2) is 114 Å². The maximum atomic E-state index is 14.0. The molecule has 0 saturated carbocycles. The van der Waals surface area contributed by atoms with E-state index in [0.717, 1.165) is 31.6 Å². The van der Waals surface area contributed by atoms with Gasteiger partial charge in [-0.05, 0) is 70.1 Å². The fourth-order valence-electron chi connectivity index (χ4n) is 7.29. The number of amides is 1. The monoisotopic (exact) mass is 723 g/mol. The van der Waals surface area contributed by atoms with Gasteiger partial charge in [-0.2, -0.15) is 4.31 Å². The first kappa shape index (κ1) is 35.9. The van der Waals surface area contributed by atoms with Crippen LogP contribution in [-0.2, 0) is 37.3 Å². The minimum absolute atomic E-state index is 0.00585. The molecule has 4 aromatic rings. The van der Waals surface area contributed by atoms with E-state index in [-0.39, 0.29) is 48.8 Å². The number of carbonyl (C=O) groups is 1. The van der Waals surface area contributed by atoms with Gasteiger partial charge in [0.25, 0.3) is 5.91 Å². The van der Waals surface area contributed by atoms with Gasteiger partial charge in [0.1, 0.15) is 5.75 Å². The predicted octanol–water partition coefficient (Wildman–Crippen LogP) is 5.02. The van der Waals surface area contributed by atoms with Crippen LogP contribution in [0.25, 0.3) is 11.1 Å². The van der Waals surface area contributed by atoms with E-state index < -0.39 is 16.3 Å². The first-order chi connectivity index (χ1) is 25.3. The first-order valence-electron chi connectivity index (χ1n) is 17.8. The summed E-state index contributed by atoms with van der Waals surface area (Å²) < 4.78 is 45.8. The summed E-state index contributed by atoms with van der Waals surface area (Å²) in [6.07, 6.45) is 2.46. The third-order valence-corrected chi connectivity index (χ3v) is 12.0. The molecule has 10 nitrogen and oxygen atoms in total. The Balaban J connectivity index is 1.06. The zero-order chi connectivity index (χ0) is 36.1. The second-order valence-electron chi connectivity index (χ2n) is 13.4. The van der Waals surface area contributed by atoms with Crippen molar-refractivity contribution in [2.24, 2.45) is 0 Å². The van der Waals surface area contributed by atoms with Gasteiger partial charge in [0.15, 0.2) is 5.76 Å². The zero-order valence-corrected chi connectivity index (χ0v) is 30.2. The average molecular weight is 724 g/mol. The van der Waals surface area contributed by atoms with Gasteiger partial charge in [-0.15, -0.1) is 0 Å². The van der Waals surface area contributed by atoms with E-state index >= 15 is 0 Å². The molecule has 0 radical (unpaired) electrons. The van der Waals surface area contributed by atoms with Gasteiger partial charge in [-0.25, -0.2) is 8.42 Å². The molecule has 3 aliphatic rings. The molecule has 0 bridgehead atoms. The molecule has 2 atom stereocenters. The Morgan fingerprint density at radius 1 is 0.885 bits per heavy atom. The van der Waals surface area contributed by atoms with Crippen LogP contribution in [0, 0.1) is 0 Å². The molecule has 4 aromatic carbocycles. The molecule has 1 fully saturated rings. The lowest BCUT2D eigenvalue weighted by Gasteiger charge is -2.37. The third kappa shape index (κ3) is 7.94. The quantitative estimate of drug-likeness (QED) is 0.181. The number of aliphatic hydroxyl groups is 1. The van der Waals surface area contributed by atoms with Crippen LogP contribution in [0.1, 0.15) is 34.6 Å². The number of carbonyl (C=O) groups excluding carboxylic acids is 1. The molecule has 7 rings (SSSR count). The van der Waals surface area contributed by atoms with Crippen molar-refractivity contribution in [1.82, 2.24) is 14.1 Å². The Hall–Kier alpha value is -4.52. The summed E-state index contributed by atoms with van der Waals surface area (Å²) in [5.41, 5.74) is 7.36. The molecular weight excluding hydrogens is 679 g/mol. The molecule has 272 valence electrons. The van der Waals surface area contributed by atoms with E-state index in [4.69, 9.17) is 14.2 Å². The van der Waals surface area contributed by atoms with Gasteiger partial charge in [-0.1, -0.05) is 72.8 Å². The number of rotatable bonds is 13. The lowest BCUT2D eigenvalue weighted by molar-refractivity contribution is -0.154. The number of hydrogen-bond acceptors (Lipinski definition) is 8. The van der Waals surface area contributed by atoms with Crippen molar-refractivity contribution < 1.29 is 32.5 Å². The summed E-state index contributed by atoms with van der Waals surface area (Å²) >= 11 is 0. The van der Waals surface area contributed by atoms with E-state index in [9.17, 15) is 18.3 Å². The van der Waals surface area contributed by atoms with E-state index in [1.807, 2.05) is 29.2 Å². The lowest BCUT2D eigenvalue weighted by Crippen LogP contribution is -2.49. The Bertz CT molecular complexity index is 1990. The number of nitrogens with zero attached hydrogens (tertiary/aromatic N) is 3. The Morgan fingerprint density at radius 3 is 2.37 bits per heavy atom. The molecule has 52 heavy (non-hydrogen) atoms. The molecule has 0 unspecified atom stereocenters. The second-order valence-corrected chi connectivity index (χ2v) is 15.3. The van der Waals surface area contributed by atoms with Gasteiger partial charge in [-0.3, -0.25) is 9.69 Å². The van der Waals surface area contributed by atoms with E-state index in [1.165, 1.54) is 51.4 Å². The summed E-state index contributed by atoms with van der Waals surface area (Å²) in [5, 5.41) is 9.73. The van der Waals surface area contributed by atoms with Crippen molar-refractivity contribution in [1.29, 1.82) is 0 Å².